The second-order valence-electron chi connectivity index (χ2n) is 5.36. The van der Waals surface area contributed by atoms with Gasteiger partial charge in [-0.25, -0.2) is 4.98 Å². The molecule has 1 unspecified atom stereocenters. The fourth-order valence-electron chi connectivity index (χ4n) is 2.12. The number of aromatic nitrogens is 1. The van der Waals surface area contributed by atoms with Crippen LogP contribution in [0.15, 0.2) is 33.2 Å². The summed E-state index contributed by atoms with van der Waals surface area (Å²) in [7, 11) is 0. The lowest BCUT2D eigenvalue weighted by atomic mass is 9.98. The molecule has 0 aliphatic rings. The summed E-state index contributed by atoms with van der Waals surface area (Å²) in [6.45, 7) is 6.16. The molecule has 0 aliphatic heterocycles. The monoisotopic (exact) mass is 348 g/mol. The van der Waals surface area contributed by atoms with Gasteiger partial charge in [-0.2, -0.15) is 0 Å². The predicted octanol–water partition coefficient (Wildman–Crippen LogP) is 5.41. The van der Waals surface area contributed by atoms with E-state index < -0.39 is 0 Å². The first-order valence-electron chi connectivity index (χ1n) is 7.30. The van der Waals surface area contributed by atoms with Gasteiger partial charge in [0.1, 0.15) is 5.76 Å². The summed E-state index contributed by atoms with van der Waals surface area (Å²) in [6.07, 6.45) is 2.54. The maximum Gasteiger partial charge on any atom is 0.226 e. The van der Waals surface area contributed by atoms with Crippen molar-refractivity contribution in [1.29, 1.82) is 5.41 Å². The van der Waals surface area contributed by atoms with Gasteiger partial charge in [-0.15, -0.1) is 0 Å². The first-order chi connectivity index (χ1) is 10.0. The Hall–Kier alpha value is -1.42. The van der Waals surface area contributed by atoms with Crippen LogP contribution in [-0.4, -0.2) is 10.7 Å². The van der Waals surface area contributed by atoms with E-state index in [4.69, 9.17) is 9.83 Å². The number of hydrogen-bond donors (Lipinski definition) is 1. The zero-order chi connectivity index (χ0) is 15.4. The van der Waals surface area contributed by atoms with Gasteiger partial charge in [-0.3, -0.25) is 0 Å². The lowest BCUT2D eigenvalue weighted by Gasteiger charge is -2.09. The van der Waals surface area contributed by atoms with Crippen LogP contribution in [-0.2, 0) is 6.42 Å². The van der Waals surface area contributed by atoms with Crippen molar-refractivity contribution in [2.24, 2.45) is 5.92 Å². The molecule has 0 amide bonds. The van der Waals surface area contributed by atoms with Crippen molar-refractivity contribution in [2.45, 2.75) is 40.0 Å². The molecule has 1 aromatic heterocycles. The van der Waals surface area contributed by atoms with Crippen molar-refractivity contribution in [2.75, 3.05) is 0 Å². The van der Waals surface area contributed by atoms with Crippen molar-refractivity contribution in [3.05, 3.63) is 40.2 Å². The Bertz CT molecular complexity index is 616. The lowest BCUT2D eigenvalue weighted by Crippen LogP contribution is -2.10. The smallest absolute Gasteiger partial charge is 0.226 e. The van der Waals surface area contributed by atoms with Crippen molar-refractivity contribution in [3.8, 4) is 11.5 Å². The number of nitrogens with zero attached hydrogens (tertiary/aromatic N) is 1. The molecule has 112 valence electrons. The Kier molecular flexibility index (Phi) is 5.34. The average Bonchev–Trinajstić information content (AvgIpc) is 2.85. The number of aryl methyl sites for hydroxylation is 2. The summed E-state index contributed by atoms with van der Waals surface area (Å²) in [6, 6.07) is 7.93. The fourth-order valence-corrected chi connectivity index (χ4v) is 2.39. The quantitative estimate of drug-likeness (QED) is 0.709. The molecule has 0 radical (unpaired) electrons. The Labute approximate surface area is 134 Å². The lowest BCUT2D eigenvalue weighted by molar-refractivity contribution is 0.539. The molecule has 1 N–H and O–H groups in total. The molecule has 1 atom stereocenters. The molecule has 1 heterocycles. The van der Waals surface area contributed by atoms with E-state index in [1.54, 1.807) is 0 Å². The summed E-state index contributed by atoms with van der Waals surface area (Å²) in [5.41, 5.74) is 2.73. The first-order valence-corrected chi connectivity index (χ1v) is 8.10. The molecule has 21 heavy (non-hydrogen) atoms. The van der Waals surface area contributed by atoms with Gasteiger partial charge in [0.2, 0.25) is 5.89 Å². The zero-order valence-electron chi connectivity index (χ0n) is 12.7. The fraction of sp³-hybridized carbons (Fsp3) is 0.412. The highest BCUT2D eigenvalue weighted by molar-refractivity contribution is 9.10. The third-order valence-electron chi connectivity index (χ3n) is 3.82. The molecule has 3 nitrogen and oxygen atoms in total. The number of rotatable bonds is 6. The highest BCUT2D eigenvalue weighted by Gasteiger charge is 2.13. The number of benzene rings is 1. The van der Waals surface area contributed by atoms with Crippen LogP contribution in [0.3, 0.4) is 0 Å². The van der Waals surface area contributed by atoms with Gasteiger partial charge in [-0.05, 0) is 56.4 Å². The third-order valence-corrected chi connectivity index (χ3v) is 4.35. The van der Waals surface area contributed by atoms with Crippen LogP contribution in [0.1, 0.15) is 38.1 Å². The molecule has 0 spiro atoms. The number of halogens is 1. The zero-order valence-corrected chi connectivity index (χ0v) is 14.3. The summed E-state index contributed by atoms with van der Waals surface area (Å²) in [5.74, 6) is 1.86. The predicted molar refractivity (Wildman–Crippen MR) is 89.9 cm³/mol. The van der Waals surface area contributed by atoms with E-state index in [2.05, 4.69) is 34.8 Å². The van der Waals surface area contributed by atoms with E-state index >= 15 is 0 Å². The average molecular weight is 349 g/mol. The second-order valence-corrected chi connectivity index (χ2v) is 6.28. The molecule has 0 bridgehead atoms. The van der Waals surface area contributed by atoms with E-state index in [1.165, 1.54) is 0 Å². The first kappa shape index (κ1) is 16.0. The van der Waals surface area contributed by atoms with Gasteiger partial charge in [-0.1, -0.05) is 29.8 Å². The van der Waals surface area contributed by atoms with Crippen LogP contribution in [0.5, 0.6) is 0 Å². The third kappa shape index (κ3) is 4.03. The normalized spacial score (nSPS) is 12.4. The van der Waals surface area contributed by atoms with Gasteiger partial charge < -0.3 is 9.83 Å². The number of hydrogen-bond acceptors (Lipinski definition) is 3. The second kappa shape index (κ2) is 7.03. The minimum atomic E-state index is 0.350. The van der Waals surface area contributed by atoms with Crippen molar-refractivity contribution in [1.82, 2.24) is 4.98 Å². The maximum absolute atomic E-state index is 8.05. The maximum atomic E-state index is 8.05. The molecule has 2 aromatic rings. The van der Waals surface area contributed by atoms with E-state index in [0.717, 1.165) is 46.5 Å². The molecule has 4 heteroatoms. The SMILES string of the molecule is CCC(C)C(=N)CCc1nc(-c2ccc(Br)cc2)oc1C. The van der Waals surface area contributed by atoms with Crippen LogP contribution < -0.4 is 0 Å². The summed E-state index contributed by atoms with van der Waals surface area (Å²) >= 11 is 3.42. The van der Waals surface area contributed by atoms with Crippen molar-refractivity contribution in [3.63, 3.8) is 0 Å². The molecule has 2 rings (SSSR count). The van der Waals surface area contributed by atoms with E-state index in [-0.39, 0.29) is 0 Å². The number of oxazole rings is 1. The summed E-state index contributed by atoms with van der Waals surface area (Å²) in [4.78, 5) is 4.59. The van der Waals surface area contributed by atoms with Crippen LogP contribution in [0.2, 0.25) is 0 Å². The van der Waals surface area contributed by atoms with E-state index in [1.807, 2.05) is 31.2 Å². The van der Waals surface area contributed by atoms with E-state index in [9.17, 15) is 0 Å². The number of nitrogens with one attached hydrogen (secondary N) is 1. The Morgan fingerprint density at radius 1 is 1.33 bits per heavy atom. The highest BCUT2D eigenvalue weighted by atomic mass is 79.9. The van der Waals surface area contributed by atoms with Crippen molar-refractivity contribution < 1.29 is 4.42 Å². The van der Waals surface area contributed by atoms with E-state index in [0.29, 0.717) is 11.8 Å². The van der Waals surface area contributed by atoms with Gasteiger partial charge in [0, 0.05) is 15.7 Å². The van der Waals surface area contributed by atoms with Crippen LogP contribution in [0.4, 0.5) is 0 Å². The Morgan fingerprint density at radius 3 is 2.62 bits per heavy atom. The highest BCUT2D eigenvalue weighted by Crippen LogP contribution is 2.24. The van der Waals surface area contributed by atoms with Crippen LogP contribution >= 0.6 is 15.9 Å². The minimum Gasteiger partial charge on any atom is -0.441 e. The molecule has 0 saturated heterocycles. The summed E-state index contributed by atoms with van der Waals surface area (Å²) in [5, 5.41) is 8.05. The molecule has 0 fully saturated rings. The molecule has 0 saturated carbocycles. The largest absolute Gasteiger partial charge is 0.441 e. The Balaban J connectivity index is 2.09. The standard InChI is InChI=1S/C17H21BrN2O/c1-4-11(2)15(19)9-10-16-12(3)21-17(20-16)13-5-7-14(18)8-6-13/h5-8,11,19H,4,9-10H2,1-3H3. The van der Waals surface area contributed by atoms with Gasteiger partial charge in [0.15, 0.2) is 0 Å². The Morgan fingerprint density at radius 2 is 2.00 bits per heavy atom. The topological polar surface area (TPSA) is 49.9 Å². The van der Waals surface area contributed by atoms with Crippen LogP contribution in [0.25, 0.3) is 11.5 Å². The molecular weight excluding hydrogens is 328 g/mol. The molecular formula is C17H21BrN2O. The summed E-state index contributed by atoms with van der Waals surface area (Å²) < 4.78 is 6.80. The molecule has 0 aliphatic carbocycles. The minimum absolute atomic E-state index is 0.350. The van der Waals surface area contributed by atoms with Gasteiger partial charge in [0.25, 0.3) is 0 Å². The molecule has 1 aromatic carbocycles. The van der Waals surface area contributed by atoms with Gasteiger partial charge >= 0.3 is 0 Å². The van der Waals surface area contributed by atoms with Gasteiger partial charge in [0.05, 0.1) is 5.69 Å². The van der Waals surface area contributed by atoms with Crippen molar-refractivity contribution >= 4 is 21.6 Å². The van der Waals surface area contributed by atoms with Crippen LogP contribution in [0, 0.1) is 18.3 Å².